The number of fused-ring (bicyclic) bond motifs is 3. The third-order valence-electron chi connectivity index (χ3n) is 17.8. The number of likely N-dealkylation sites (N-methyl/N-ethyl adjacent to an activating group) is 1. The summed E-state index contributed by atoms with van der Waals surface area (Å²) in [7, 11) is 2.13. The van der Waals surface area contributed by atoms with Gasteiger partial charge in [0.1, 0.15) is 11.6 Å². The predicted octanol–water partition coefficient (Wildman–Crippen LogP) is 4.87. The Labute approximate surface area is 523 Å². The first-order chi connectivity index (χ1) is 42.9. The van der Waals surface area contributed by atoms with E-state index >= 15 is 9.59 Å². The number of ether oxygens (including phenoxy) is 2. The van der Waals surface area contributed by atoms with Gasteiger partial charge in [0, 0.05) is 58.9 Å². The van der Waals surface area contributed by atoms with Crippen LogP contribution in [0.1, 0.15) is 70.2 Å². The van der Waals surface area contributed by atoms with Gasteiger partial charge < -0.3 is 19.5 Å². The van der Waals surface area contributed by atoms with E-state index in [4.69, 9.17) is 27.5 Å². The molecule has 88 heavy (non-hydrogen) atoms. The SMILES string of the molecule is CCOc1ccc(-c2ccc3nc(C(C)N4CCN(CCO)CC4)n(-c4ccccc4OCC)c(=O)c3c2)cc1-n1c(C(C)N2CCN(C)CC2)nc2ccc(-c3ccc(O[I-]C)c(-n4c(C(C)N5CCNCC5)nc5ccccc5c4=O)c3)cc2c1=O. The van der Waals surface area contributed by atoms with Gasteiger partial charge in [-0.1, -0.05) is 24.3 Å². The van der Waals surface area contributed by atoms with E-state index < -0.39 is 21.6 Å². The van der Waals surface area contributed by atoms with Gasteiger partial charge in [-0.25, -0.2) is 4.98 Å². The van der Waals surface area contributed by atoms with Gasteiger partial charge in [0.2, 0.25) is 0 Å². The van der Waals surface area contributed by atoms with E-state index in [1.807, 2.05) is 140 Å². The molecule has 3 atom stereocenters. The van der Waals surface area contributed by atoms with Gasteiger partial charge in [-0.05, 0) is 76.2 Å². The summed E-state index contributed by atoms with van der Waals surface area (Å²) in [6, 6.07) is 37.8. The molecule has 12 rings (SSSR count). The van der Waals surface area contributed by atoms with Crippen LogP contribution in [0.3, 0.4) is 0 Å². The number of rotatable bonds is 19. The molecule has 6 aromatic carbocycles. The molecule has 3 saturated heterocycles. The molecule has 0 amide bonds. The average Bonchev–Trinajstić information content (AvgIpc) is 1.27. The zero-order chi connectivity index (χ0) is 61.2. The molecule has 3 fully saturated rings. The standard InChI is InChI=1S/C68H78IN12O7/c1-8-86-60-17-13-12-16-57(60)79-63(45(4)78-36-32-75(33-37-78)38-39-82)72-55-22-18-47(40-52(55)67(79)84)49-20-24-61(87-9-2)58(42-49)80-65(46(5)77-34-30-74(7)31-35-77)73-56-23-19-48(41-53(56)68(80)85)50-21-25-62(88-69-6)59(43-50)81-64(44(3)76-28-26-70-27-29-76)71-54-15-11-10-14-51(54)66(81)83/h10-25,40-46,70,82H,8-9,26-39H2,1-7H3/q-1. The van der Waals surface area contributed by atoms with Gasteiger partial charge in [-0.2, -0.15) is 0 Å². The molecule has 2 N–H and O–H groups in total. The molecule has 0 saturated carbocycles. The number of aromatic nitrogens is 6. The Bertz CT molecular complexity index is 4210. The van der Waals surface area contributed by atoms with Crippen LogP contribution in [0.25, 0.3) is 72.0 Å². The number of halogens is 1. The third kappa shape index (κ3) is 12.0. The van der Waals surface area contributed by atoms with Gasteiger partial charge >= 0.3 is 259 Å². The van der Waals surface area contributed by atoms with Crippen molar-refractivity contribution in [1.82, 2.24) is 58.5 Å². The molecule has 3 aliphatic rings. The Morgan fingerprint density at radius 2 is 0.932 bits per heavy atom. The maximum absolute atomic E-state index is 16.0. The number of piperazine rings is 3. The molecule has 0 spiro atoms. The van der Waals surface area contributed by atoms with Crippen molar-refractivity contribution < 1.29 is 39.3 Å². The fourth-order valence-corrected chi connectivity index (χ4v) is 13.7. The van der Waals surface area contributed by atoms with Crippen LogP contribution >= 0.6 is 0 Å². The van der Waals surface area contributed by atoms with Crippen molar-refractivity contribution in [3.8, 4) is 56.6 Å². The van der Waals surface area contributed by atoms with E-state index in [0.717, 1.165) is 101 Å². The minimum absolute atomic E-state index is 0.109. The molecular formula is C68H78IN12O7-. The van der Waals surface area contributed by atoms with Crippen LogP contribution in [0, 0.1) is 0 Å². The number of hydrogen-bond acceptors (Lipinski definition) is 16. The molecule has 0 bridgehead atoms. The van der Waals surface area contributed by atoms with E-state index in [2.05, 4.69) is 57.6 Å². The molecule has 0 aliphatic carbocycles. The first-order valence-electron chi connectivity index (χ1n) is 30.8. The number of β-amino-alcohol motifs (C(OH)–C–C–N with tert-alkyl or cyclic N) is 1. The number of hydrogen-bond donors (Lipinski definition) is 2. The zero-order valence-electron chi connectivity index (χ0n) is 51.3. The Morgan fingerprint density at radius 1 is 0.500 bits per heavy atom. The summed E-state index contributed by atoms with van der Waals surface area (Å²) in [6.07, 6.45) is 0. The number of benzene rings is 6. The van der Waals surface area contributed by atoms with Crippen LogP contribution in [0.5, 0.6) is 17.2 Å². The molecule has 3 aliphatic heterocycles. The Hall–Kier alpha value is -7.41. The molecular weight excluding hydrogens is 1220 g/mol. The summed E-state index contributed by atoms with van der Waals surface area (Å²) < 4.78 is 24.3. The first-order valence-corrected chi connectivity index (χ1v) is 33.8. The normalized spacial score (nSPS) is 17.0. The zero-order valence-corrected chi connectivity index (χ0v) is 53.4. The second-order valence-corrected chi connectivity index (χ2v) is 24.3. The molecule has 0 radical (unpaired) electrons. The van der Waals surface area contributed by atoms with Gasteiger partial charge in [-0.3, -0.25) is 24.1 Å². The average molecular weight is 1300 g/mol. The van der Waals surface area contributed by atoms with Crippen LogP contribution < -0.4 is 56.2 Å². The molecule has 3 aromatic heterocycles. The van der Waals surface area contributed by atoms with E-state index in [1.165, 1.54) is 0 Å². The van der Waals surface area contributed by atoms with Crippen molar-refractivity contribution in [3.63, 3.8) is 0 Å². The van der Waals surface area contributed by atoms with E-state index in [1.54, 1.807) is 13.7 Å². The predicted molar refractivity (Wildman–Crippen MR) is 343 cm³/mol. The number of aliphatic hydroxyl groups excluding tert-OH is 1. The molecule has 6 heterocycles. The quantitative estimate of drug-likeness (QED) is 0.0826. The molecule has 460 valence electrons. The summed E-state index contributed by atoms with van der Waals surface area (Å²) in [5, 5.41) is 14.5. The van der Waals surface area contributed by atoms with Crippen LogP contribution in [0.15, 0.2) is 136 Å². The third-order valence-corrected chi connectivity index (χ3v) is 18.7. The van der Waals surface area contributed by atoms with Crippen molar-refractivity contribution in [2.24, 2.45) is 0 Å². The van der Waals surface area contributed by atoms with E-state index in [-0.39, 0.29) is 41.4 Å². The van der Waals surface area contributed by atoms with Gasteiger partial charge in [0.05, 0.1) is 42.5 Å². The second kappa shape index (κ2) is 26.7. The van der Waals surface area contributed by atoms with Crippen molar-refractivity contribution in [1.29, 1.82) is 0 Å². The van der Waals surface area contributed by atoms with Gasteiger partial charge in [-0.15, -0.1) is 0 Å². The number of nitrogens with zero attached hydrogens (tertiary/aromatic N) is 11. The van der Waals surface area contributed by atoms with Crippen molar-refractivity contribution >= 4 is 32.7 Å². The van der Waals surface area contributed by atoms with E-state index in [0.29, 0.717) is 104 Å². The topological polar surface area (TPSA) is 181 Å². The monoisotopic (exact) mass is 1300 g/mol. The number of nitrogens with one attached hydrogen (secondary N) is 1. The Morgan fingerprint density at radius 3 is 1.48 bits per heavy atom. The minimum atomic E-state index is -0.707. The Kier molecular flexibility index (Phi) is 18.5. The summed E-state index contributed by atoms with van der Waals surface area (Å²) in [6.45, 7) is 21.4. The van der Waals surface area contributed by atoms with Gasteiger partial charge in [0.15, 0.2) is 0 Å². The van der Waals surface area contributed by atoms with Gasteiger partial charge in [0.25, 0.3) is 5.56 Å². The number of para-hydroxylation sites is 3. The summed E-state index contributed by atoms with van der Waals surface area (Å²) in [5.74, 6) is 3.48. The summed E-state index contributed by atoms with van der Waals surface area (Å²) in [5.41, 5.74) is 5.83. The van der Waals surface area contributed by atoms with E-state index in [9.17, 15) is 9.90 Å². The van der Waals surface area contributed by atoms with Crippen LogP contribution in [0.4, 0.5) is 0 Å². The Balaban J connectivity index is 1.01. The first kappa shape index (κ1) is 60.9. The summed E-state index contributed by atoms with van der Waals surface area (Å²) >= 11 is -0.707. The van der Waals surface area contributed by atoms with Crippen LogP contribution in [-0.2, 0) is 0 Å². The summed E-state index contributed by atoms with van der Waals surface area (Å²) in [4.78, 5) is 76.1. The number of alkyl halides is 1. The molecule has 19 nitrogen and oxygen atoms in total. The maximum atomic E-state index is 16.0. The van der Waals surface area contributed by atoms with Crippen molar-refractivity contribution in [3.05, 3.63) is 170 Å². The van der Waals surface area contributed by atoms with Crippen LogP contribution in [0.2, 0.25) is 0 Å². The van der Waals surface area contributed by atoms with Crippen molar-refractivity contribution in [2.75, 3.05) is 117 Å². The fourth-order valence-electron chi connectivity index (χ4n) is 12.8. The molecule has 20 heteroatoms. The van der Waals surface area contributed by atoms with Crippen LogP contribution in [-0.4, -0.2) is 175 Å². The molecule has 9 aromatic rings. The second-order valence-electron chi connectivity index (χ2n) is 23.0. The molecule has 3 unspecified atom stereocenters. The van der Waals surface area contributed by atoms with Crippen molar-refractivity contribution in [2.45, 2.75) is 52.7 Å². The fraction of sp³-hybridized carbons (Fsp3) is 0.382. The number of aliphatic hydroxyl groups is 1.